The minimum absolute atomic E-state index is 0.207. The van der Waals surface area contributed by atoms with E-state index in [1.165, 1.54) is 25.7 Å². The van der Waals surface area contributed by atoms with Crippen LogP contribution in [0.3, 0.4) is 0 Å². The van der Waals surface area contributed by atoms with E-state index in [0.29, 0.717) is 0 Å². The maximum atomic E-state index is 5.48. The lowest BCUT2D eigenvalue weighted by Crippen LogP contribution is -2.52. The lowest BCUT2D eigenvalue weighted by atomic mass is 9.75. The Morgan fingerprint density at radius 2 is 2.20 bits per heavy atom. The van der Waals surface area contributed by atoms with Crippen LogP contribution in [0.5, 0.6) is 0 Å². The molecule has 1 saturated carbocycles. The molecule has 10 heavy (non-hydrogen) atoms. The van der Waals surface area contributed by atoms with E-state index in [1.54, 1.807) is 0 Å². The SMILES string of the molecule is CC1CCCCC1(C)NN. The molecular formula is C8H18N2. The van der Waals surface area contributed by atoms with Crippen LogP contribution in [0.4, 0.5) is 0 Å². The summed E-state index contributed by atoms with van der Waals surface area (Å²) >= 11 is 0. The molecule has 0 aromatic rings. The Bertz CT molecular complexity index is 114. The van der Waals surface area contributed by atoms with Crippen molar-refractivity contribution in [1.82, 2.24) is 5.43 Å². The molecule has 3 N–H and O–H groups in total. The summed E-state index contributed by atoms with van der Waals surface area (Å²) in [6.45, 7) is 4.50. The molecular weight excluding hydrogens is 124 g/mol. The van der Waals surface area contributed by atoms with Gasteiger partial charge < -0.3 is 0 Å². The molecule has 1 fully saturated rings. The van der Waals surface area contributed by atoms with Gasteiger partial charge in [0.05, 0.1) is 0 Å². The Hall–Kier alpha value is -0.0800. The molecule has 0 aromatic heterocycles. The van der Waals surface area contributed by atoms with Gasteiger partial charge in [0.25, 0.3) is 0 Å². The van der Waals surface area contributed by atoms with Crippen LogP contribution >= 0.6 is 0 Å². The van der Waals surface area contributed by atoms with Gasteiger partial charge in [0, 0.05) is 5.54 Å². The zero-order valence-electron chi connectivity index (χ0n) is 6.98. The van der Waals surface area contributed by atoms with E-state index >= 15 is 0 Å². The van der Waals surface area contributed by atoms with Crippen LogP contribution in [0.25, 0.3) is 0 Å². The van der Waals surface area contributed by atoms with Gasteiger partial charge >= 0.3 is 0 Å². The second-order valence-electron chi connectivity index (χ2n) is 3.71. The molecule has 0 radical (unpaired) electrons. The standard InChI is InChI=1S/C8H18N2/c1-7-5-3-4-6-8(7,2)10-9/h7,10H,3-6,9H2,1-2H3. The highest BCUT2D eigenvalue weighted by atomic mass is 15.3. The van der Waals surface area contributed by atoms with Gasteiger partial charge in [0.2, 0.25) is 0 Å². The zero-order valence-corrected chi connectivity index (χ0v) is 6.98. The lowest BCUT2D eigenvalue weighted by molar-refractivity contribution is 0.176. The first-order valence-corrected chi connectivity index (χ1v) is 4.17. The van der Waals surface area contributed by atoms with Gasteiger partial charge in [0.1, 0.15) is 0 Å². The first-order valence-electron chi connectivity index (χ1n) is 4.17. The second-order valence-corrected chi connectivity index (χ2v) is 3.71. The van der Waals surface area contributed by atoms with E-state index in [4.69, 9.17) is 5.84 Å². The Labute approximate surface area is 63.1 Å². The van der Waals surface area contributed by atoms with Gasteiger partial charge in [-0.1, -0.05) is 19.8 Å². The third-order valence-corrected chi connectivity index (χ3v) is 3.00. The fraction of sp³-hybridized carbons (Fsp3) is 1.00. The predicted octanol–water partition coefficient (Wildman–Crippen LogP) is 1.42. The zero-order chi connectivity index (χ0) is 7.61. The van der Waals surface area contributed by atoms with Crippen molar-refractivity contribution in [2.24, 2.45) is 11.8 Å². The average molecular weight is 142 g/mol. The molecule has 0 bridgehead atoms. The topological polar surface area (TPSA) is 38.0 Å². The summed E-state index contributed by atoms with van der Waals surface area (Å²) in [5.74, 6) is 6.21. The summed E-state index contributed by atoms with van der Waals surface area (Å²) in [6, 6.07) is 0. The Balaban J connectivity index is 2.54. The third-order valence-electron chi connectivity index (χ3n) is 3.00. The van der Waals surface area contributed by atoms with Crippen molar-refractivity contribution >= 4 is 0 Å². The molecule has 0 saturated heterocycles. The van der Waals surface area contributed by atoms with Gasteiger partial charge in [-0.15, -0.1) is 0 Å². The summed E-state index contributed by atoms with van der Waals surface area (Å²) in [5.41, 5.74) is 3.14. The first-order chi connectivity index (χ1) is 4.69. The maximum absolute atomic E-state index is 5.48. The van der Waals surface area contributed by atoms with Gasteiger partial charge in [0.15, 0.2) is 0 Å². The van der Waals surface area contributed by atoms with E-state index in [2.05, 4.69) is 19.3 Å². The molecule has 0 spiro atoms. The summed E-state index contributed by atoms with van der Waals surface area (Å²) in [6.07, 6.45) is 5.24. The molecule has 0 aliphatic heterocycles. The molecule has 2 atom stereocenters. The Kier molecular flexibility index (Phi) is 2.32. The molecule has 1 aliphatic rings. The molecule has 2 nitrogen and oxygen atoms in total. The lowest BCUT2D eigenvalue weighted by Gasteiger charge is -2.39. The van der Waals surface area contributed by atoms with Crippen molar-refractivity contribution < 1.29 is 0 Å². The number of rotatable bonds is 1. The van der Waals surface area contributed by atoms with Gasteiger partial charge in [-0.3, -0.25) is 11.3 Å². The monoisotopic (exact) mass is 142 g/mol. The third kappa shape index (κ3) is 1.32. The molecule has 0 aromatic carbocycles. The summed E-state index contributed by atoms with van der Waals surface area (Å²) in [7, 11) is 0. The van der Waals surface area contributed by atoms with Crippen molar-refractivity contribution in [1.29, 1.82) is 0 Å². The molecule has 2 heteroatoms. The number of nitrogens with one attached hydrogen (secondary N) is 1. The van der Waals surface area contributed by atoms with Gasteiger partial charge in [-0.05, 0) is 25.7 Å². The molecule has 1 rings (SSSR count). The van der Waals surface area contributed by atoms with E-state index in [1.807, 2.05) is 0 Å². The van der Waals surface area contributed by atoms with E-state index < -0.39 is 0 Å². The van der Waals surface area contributed by atoms with Crippen molar-refractivity contribution in [3.8, 4) is 0 Å². The van der Waals surface area contributed by atoms with E-state index in [-0.39, 0.29) is 5.54 Å². The van der Waals surface area contributed by atoms with Crippen LogP contribution in [-0.4, -0.2) is 5.54 Å². The van der Waals surface area contributed by atoms with Crippen LogP contribution in [0, 0.1) is 5.92 Å². The second kappa shape index (κ2) is 2.89. The molecule has 60 valence electrons. The van der Waals surface area contributed by atoms with Crippen molar-refractivity contribution in [2.75, 3.05) is 0 Å². The smallest absolute Gasteiger partial charge is 0.0318 e. The summed E-state index contributed by atoms with van der Waals surface area (Å²) in [4.78, 5) is 0. The predicted molar refractivity (Wildman–Crippen MR) is 43.4 cm³/mol. The molecule has 0 heterocycles. The number of hydrazine groups is 1. The summed E-state index contributed by atoms with van der Waals surface area (Å²) in [5, 5.41) is 0. The molecule has 1 aliphatic carbocycles. The highest BCUT2D eigenvalue weighted by molar-refractivity contribution is 4.89. The number of nitrogens with two attached hydrogens (primary N) is 1. The fourth-order valence-corrected chi connectivity index (χ4v) is 1.72. The highest BCUT2D eigenvalue weighted by Gasteiger charge is 2.31. The number of hydrogen-bond acceptors (Lipinski definition) is 2. The Morgan fingerprint density at radius 1 is 1.50 bits per heavy atom. The van der Waals surface area contributed by atoms with E-state index in [0.717, 1.165) is 5.92 Å². The van der Waals surface area contributed by atoms with Crippen LogP contribution in [0.15, 0.2) is 0 Å². The van der Waals surface area contributed by atoms with Crippen molar-refractivity contribution in [2.45, 2.75) is 45.1 Å². The van der Waals surface area contributed by atoms with Gasteiger partial charge in [-0.2, -0.15) is 0 Å². The minimum Gasteiger partial charge on any atom is -0.271 e. The van der Waals surface area contributed by atoms with Crippen molar-refractivity contribution in [3.63, 3.8) is 0 Å². The maximum Gasteiger partial charge on any atom is 0.0318 e. The van der Waals surface area contributed by atoms with Gasteiger partial charge in [-0.25, -0.2) is 0 Å². The average Bonchev–Trinajstić information content (AvgIpc) is 1.96. The quantitative estimate of drug-likeness (QED) is 0.429. The minimum atomic E-state index is 0.207. The molecule has 0 amide bonds. The van der Waals surface area contributed by atoms with Crippen LogP contribution < -0.4 is 11.3 Å². The van der Waals surface area contributed by atoms with Crippen LogP contribution in [0.2, 0.25) is 0 Å². The fourth-order valence-electron chi connectivity index (χ4n) is 1.72. The van der Waals surface area contributed by atoms with Crippen molar-refractivity contribution in [3.05, 3.63) is 0 Å². The normalized spacial score (nSPS) is 41.7. The summed E-state index contributed by atoms with van der Waals surface area (Å²) < 4.78 is 0. The van der Waals surface area contributed by atoms with Crippen LogP contribution in [0.1, 0.15) is 39.5 Å². The highest BCUT2D eigenvalue weighted by Crippen LogP contribution is 2.32. The Morgan fingerprint density at radius 3 is 2.60 bits per heavy atom. The largest absolute Gasteiger partial charge is 0.271 e. The van der Waals surface area contributed by atoms with Crippen LogP contribution in [-0.2, 0) is 0 Å². The first kappa shape index (κ1) is 8.02. The molecule has 2 unspecified atom stereocenters. The number of hydrogen-bond donors (Lipinski definition) is 2. The van der Waals surface area contributed by atoms with E-state index in [9.17, 15) is 0 Å².